The van der Waals surface area contributed by atoms with Crippen LogP contribution < -0.4 is 45.9 Å². The molecule has 4 heterocycles. The fraction of sp³-hybridized carbons (Fsp3) is 0.667. The van der Waals surface area contributed by atoms with E-state index in [1.54, 1.807) is 20.4 Å². The van der Waals surface area contributed by atoms with Crippen LogP contribution in [0, 0.1) is 47.2 Å². The summed E-state index contributed by atoms with van der Waals surface area (Å²) in [5.74, 6) is -4.05. The number of thioether (sulfide) groups is 1. The molecule has 35 heteroatoms. The average Bonchev–Trinajstić information content (AvgIpc) is 4.42. The van der Waals surface area contributed by atoms with Gasteiger partial charge in [-0.3, -0.25) is 62.6 Å². The van der Waals surface area contributed by atoms with Crippen LogP contribution in [0.4, 0.5) is 0 Å². The summed E-state index contributed by atoms with van der Waals surface area (Å²) in [5, 5.41) is 3.15. The molecule has 0 radical (unpaired) electrons. The zero-order chi connectivity index (χ0) is 62.7. The molecule has 3 aliphatic carbocycles. The third-order valence-electron chi connectivity index (χ3n) is 13.3. The molecule has 7 rings (SSSR count). The number of imide groups is 4. The van der Waals surface area contributed by atoms with Crippen molar-refractivity contribution in [1.29, 1.82) is 11.7 Å². The van der Waals surface area contributed by atoms with Crippen LogP contribution in [0.15, 0.2) is 24.3 Å². The number of amides is 10. The summed E-state index contributed by atoms with van der Waals surface area (Å²) >= 11 is 2.34. The maximum absolute atomic E-state index is 12.2. The minimum absolute atomic E-state index is 0. The Bertz CT molecular complexity index is 2510. The van der Waals surface area contributed by atoms with Gasteiger partial charge < -0.3 is 25.8 Å². The van der Waals surface area contributed by atoms with E-state index in [0.29, 0.717) is 57.0 Å². The normalized spacial score (nSPS) is 24.8. The van der Waals surface area contributed by atoms with Gasteiger partial charge in [0.25, 0.3) is 35.4 Å². The van der Waals surface area contributed by atoms with Crippen molar-refractivity contribution in [2.24, 2.45) is 41.2 Å². The first kappa shape index (κ1) is 74.2. The van der Waals surface area contributed by atoms with Crippen LogP contribution in [0.25, 0.3) is 0 Å². The Hall–Kier alpha value is -1.86. The number of carbonyl (C=O) groups excluding carboxylic acids is 11. The molecule has 4 aliphatic heterocycles. The number of nitrogens with one attached hydrogen (secondary N) is 5. The van der Waals surface area contributed by atoms with Crippen LogP contribution in [0.1, 0.15) is 89.9 Å². The van der Waals surface area contributed by atoms with Crippen LogP contribution in [0.5, 0.6) is 0 Å². The van der Waals surface area contributed by atoms with Gasteiger partial charge in [-0.25, -0.2) is 13.2 Å². The molecule has 0 aromatic rings. The first-order chi connectivity index (χ1) is 39.0. The Morgan fingerprint density at radius 2 is 0.975 bits per heavy atom. The summed E-state index contributed by atoms with van der Waals surface area (Å²) in [6.07, 6.45) is 16.9. The van der Waals surface area contributed by atoms with E-state index in [0.717, 1.165) is 56.3 Å². The Kier molecular flexibility index (Phi) is 40.6. The van der Waals surface area contributed by atoms with Gasteiger partial charge in [-0.2, -0.15) is 24.4 Å². The quantitative estimate of drug-likeness (QED) is 0.0598. The molecule has 7 N–H and O–H groups in total. The topological polar surface area (TPSA) is 389 Å². The van der Waals surface area contributed by atoms with E-state index in [4.69, 9.17) is 9.07 Å². The number of hydrogen-bond donors (Lipinski definition) is 7. The van der Waals surface area contributed by atoms with Gasteiger partial charge in [-0.15, -0.1) is 5.06 Å². The van der Waals surface area contributed by atoms with E-state index in [2.05, 4.69) is 70.2 Å². The van der Waals surface area contributed by atoms with Crippen molar-refractivity contribution < 1.29 is 154 Å². The number of nitrogens with zero attached hydrogens (tertiary/aromatic N) is 4. The summed E-state index contributed by atoms with van der Waals surface area (Å²) in [6.45, 7) is 1.28. The van der Waals surface area contributed by atoms with E-state index in [1.165, 1.54) is 52.9 Å². The van der Waals surface area contributed by atoms with E-state index < -0.39 is 95.2 Å². The van der Waals surface area contributed by atoms with Crippen LogP contribution in [-0.2, 0) is 117 Å². The molecular formula is C45H69N10NaO15S6W3. The largest absolute Gasteiger partial charge is 1.00 e. The Morgan fingerprint density at radius 3 is 1.25 bits per heavy atom. The molecule has 0 aromatic carbocycles. The molecule has 80 heavy (non-hydrogen) atoms. The molecule has 25 nitrogen and oxygen atoms in total. The number of rotatable bonds is 12. The molecule has 0 bridgehead atoms. The van der Waals surface area contributed by atoms with Crippen molar-refractivity contribution in [1.82, 2.24) is 30.4 Å². The maximum atomic E-state index is 12.2. The van der Waals surface area contributed by atoms with E-state index in [1.807, 2.05) is 6.26 Å². The van der Waals surface area contributed by atoms with Gasteiger partial charge in [-0.1, -0.05) is 0 Å². The number of carbonyl (C=O) groups is 11. The minimum atomic E-state index is -5.02. The number of likely N-dealkylation sites (tertiary alicyclic amines) is 1. The maximum Gasteiger partial charge on any atom is 1.00 e. The molecule has 10 amide bonds. The van der Waals surface area contributed by atoms with E-state index in [-0.39, 0.29) is 111 Å². The standard InChI is InChI=1S/C16H18N2O9S.C14H22N2O3S.C13H18N2O3.CH5N.CH4S.3HN.Na.3S.3W/c19-12-5-6-13(20)17(12)8-9-1-3-10(4-2-9)16(23)27-18-14(21)7-11(15(18)22)28(24,25)26;1-15-13(18)10-5-3-9(4-6-10)8-16-12(17)7-11(20-2)14(16)19;1-14-13(18)10-4-2-9(3-5-10)8-15-11(16)6-7-12(15)17;2*1-2;;;;;;;;;;/h5-6,9-11H,1-4,7-8H2,(H,24,25,26);9-11H,3-8H2,1-2H3,(H,15,18);6-7,9-10H,2-5,8H2,1H3,(H,14,18);2H2,1H3;2H,1H3;3*1H;;;;;;;/q;;;;;;;;+1;;;;;;/p-1/i;;;;;3*1T;;;;;;;. The molecule has 2 saturated heterocycles. The number of thiol groups is 1. The van der Waals surface area contributed by atoms with Crippen LogP contribution in [0.2, 0.25) is 4.24 Å². The smallest absolute Gasteiger partial charge is 1.00 e. The van der Waals surface area contributed by atoms with E-state index in [9.17, 15) is 65.7 Å². The summed E-state index contributed by atoms with van der Waals surface area (Å²) in [6, 6.07) is 0. The Morgan fingerprint density at radius 1 is 0.650 bits per heavy atom. The molecule has 0 spiro atoms. The fourth-order valence-electron chi connectivity index (χ4n) is 9.30. The molecule has 5 fully saturated rings. The predicted octanol–water partition coefficient (Wildman–Crippen LogP) is 0.298. The molecule has 444 valence electrons. The second kappa shape index (κ2) is 43.7. The van der Waals surface area contributed by atoms with Crippen molar-refractivity contribution in [2.45, 2.75) is 100 Å². The average molecular weight is 1760 g/mol. The van der Waals surface area contributed by atoms with Gasteiger partial charge in [0.1, 0.15) is 15.4 Å². The van der Waals surface area contributed by atoms with Gasteiger partial charge in [0.15, 0.2) is 0 Å². The van der Waals surface area contributed by atoms with Gasteiger partial charge in [0.05, 0.1) is 17.6 Å². The number of hydrogen-bond acceptors (Lipinski definition) is 24. The third-order valence-corrected chi connectivity index (χ3v) is 15.3. The van der Waals surface area contributed by atoms with Crippen molar-refractivity contribution in [3.63, 3.8) is 0 Å². The predicted molar refractivity (Wildman–Crippen MR) is 287 cm³/mol. The molecule has 0 aromatic heterocycles. The molecule has 2 atom stereocenters. The zero-order valence-electron chi connectivity index (χ0n) is 48.0. The minimum Gasteiger partial charge on any atom is 1.00 e. The second-order valence-electron chi connectivity index (χ2n) is 17.7. The van der Waals surface area contributed by atoms with Crippen molar-refractivity contribution in [3.05, 3.63) is 24.3 Å². The summed E-state index contributed by atoms with van der Waals surface area (Å²) in [5.41, 5.74) is 4.50. The van der Waals surface area contributed by atoms with Crippen LogP contribution in [0.3, 0.4) is 0 Å². The third kappa shape index (κ3) is 27.0. The summed E-state index contributed by atoms with van der Waals surface area (Å²) < 4.78 is 60.0. The summed E-state index contributed by atoms with van der Waals surface area (Å²) in [7, 11) is 12.9. The molecule has 3 saturated carbocycles. The Labute approximate surface area is 538 Å². The molecule has 2 unspecified atom stereocenters. The SMILES string of the molecule is CN.CNC(=O)C1CCC(CN2C(=O)C=CC2=O)CC1.CNC(=O)C1CCC(CN2C(=O)CC(SC)C2=O)CC1.CS.O=C(ON1C(=O)CC(S(=O)(=O)[O-])C1=O)C1CCC(CN2C(=O)C=CC2=O)CC1.[3H][N]=[W]=[S].[3H][N]=[W]=[S].[3H][N]=[W]=[S].[Na+]. The first-order valence-electron chi connectivity index (χ1n) is 25.6. The van der Waals surface area contributed by atoms with Gasteiger partial charge >= 0.3 is 131 Å². The summed E-state index contributed by atoms with van der Waals surface area (Å²) in [4.78, 5) is 137. The van der Waals surface area contributed by atoms with E-state index >= 15 is 0 Å². The van der Waals surface area contributed by atoms with Crippen molar-refractivity contribution >= 4 is 129 Å². The van der Waals surface area contributed by atoms with Crippen molar-refractivity contribution in [2.75, 3.05) is 53.3 Å². The van der Waals surface area contributed by atoms with Gasteiger partial charge in [-0.05, 0) is 114 Å². The number of nitrogens with two attached hydrogens (primary N) is 1. The van der Waals surface area contributed by atoms with Crippen molar-refractivity contribution in [3.8, 4) is 0 Å². The monoisotopic (exact) mass is 1760 g/mol. The fourth-order valence-corrected chi connectivity index (χ4v) is 10.6. The number of hydroxylamine groups is 2. The van der Waals surface area contributed by atoms with Crippen LogP contribution in [-0.4, -0.2) is 162 Å². The zero-order valence-corrected chi connectivity index (χ0v) is 60.8. The second-order valence-corrected chi connectivity index (χ2v) is 25.6. The first-order valence-corrected chi connectivity index (χ1v) is 43.6. The van der Waals surface area contributed by atoms with Gasteiger partial charge in [0.2, 0.25) is 23.6 Å². The Balaban J connectivity index is 0. The molecule has 7 aliphatic rings. The van der Waals surface area contributed by atoms with Gasteiger partial charge in [0, 0.05) is 76.3 Å². The molecular weight excluding hydrogens is 1690 g/mol. The van der Waals surface area contributed by atoms with Crippen LogP contribution >= 0.6 is 53.9 Å².